The van der Waals surface area contributed by atoms with Gasteiger partial charge in [-0.2, -0.15) is 0 Å². The summed E-state index contributed by atoms with van der Waals surface area (Å²) >= 11 is 0. The van der Waals surface area contributed by atoms with Crippen LogP contribution in [0.1, 0.15) is 18.5 Å². The SMILES string of the molecule is Cc1nc(N2CCOCC2C(=O)NC2CC2)ccc1N. The lowest BCUT2D eigenvalue weighted by atomic mass is 10.2. The molecule has 2 aliphatic rings. The quantitative estimate of drug-likeness (QED) is 0.838. The number of pyridine rings is 1. The fraction of sp³-hybridized carbons (Fsp3) is 0.571. The zero-order valence-electron chi connectivity index (χ0n) is 11.6. The molecule has 6 heteroatoms. The Balaban J connectivity index is 1.79. The Morgan fingerprint density at radius 3 is 3.00 bits per heavy atom. The molecule has 1 aromatic heterocycles. The Morgan fingerprint density at radius 2 is 2.30 bits per heavy atom. The fourth-order valence-electron chi connectivity index (χ4n) is 2.34. The molecule has 0 aromatic carbocycles. The van der Waals surface area contributed by atoms with Gasteiger partial charge >= 0.3 is 0 Å². The van der Waals surface area contributed by atoms with Gasteiger partial charge < -0.3 is 20.7 Å². The van der Waals surface area contributed by atoms with Crippen molar-refractivity contribution >= 4 is 17.4 Å². The van der Waals surface area contributed by atoms with Crippen LogP contribution in [0.5, 0.6) is 0 Å². The van der Waals surface area contributed by atoms with E-state index >= 15 is 0 Å². The molecular formula is C14H20N4O2. The van der Waals surface area contributed by atoms with Crippen LogP contribution >= 0.6 is 0 Å². The number of anilines is 2. The lowest BCUT2D eigenvalue weighted by Crippen LogP contribution is -2.54. The van der Waals surface area contributed by atoms with Crippen LogP contribution < -0.4 is 16.0 Å². The van der Waals surface area contributed by atoms with Crippen LogP contribution in [0.3, 0.4) is 0 Å². The summed E-state index contributed by atoms with van der Waals surface area (Å²) in [6.45, 7) is 3.56. The third-order valence-electron chi connectivity index (χ3n) is 3.76. The average Bonchev–Trinajstić information content (AvgIpc) is 3.26. The molecule has 0 bridgehead atoms. The molecule has 0 radical (unpaired) electrons. The van der Waals surface area contributed by atoms with Gasteiger partial charge in [0.2, 0.25) is 5.91 Å². The van der Waals surface area contributed by atoms with Gasteiger partial charge in [0, 0.05) is 12.6 Å². The fourth-order valence-corrected chi connectivity index (χ4v) is 2.34. The maximum atomic E-state index is 12.3. The highest BCUT2D eigenvalue weighted by Gasteiger charge is 2.33. The van der Waals surface area contributed by atoms with Gasteiger partial charge in [-0.25, -0.2) is 4.98 Å². The van der Waals surface area contributed by atoms with E-state index in [9.17, 15) is 4.79 Å². The Kier molecular flexibility index (Phi) is 3.48. The largest absolute Gasteiger partial charge is 0.397 e. The number of amides is 1. The summed E-state index contributed by atoms with van der Waals surface area (Å²) in [5, 5.41) is 3.04. The van der Waals surface area contributed by atoms with Crippen LogP contribution in [-0.4, -0.2) is 42.7 Å². The number of nitrogen functional groups attached to an aromatic ring is 1. The first-order valence-corrected chi connectivity index (χ1v) is 7.03. The lowest BCUT2D eigenvalue weighted by molar-refractivity contribution is -0.124. The van der Waals surface area contributed by atoms with Gasteiger partial charge in [-0.3, -0.25) is 4.79 Å². The van der Waals surface area contributed by atoms with Crippen molar-refractivity contribution in [1.82, 2.24) is 10.3 Å². The summed E-state index contributed by atoms with van der Waals surface area (Å²) in [6, 6.07) is 3.75. The lowest BCUT2D eigenvalue weighted by Gasteiger charge is -2.35. The minimum Gasteiger partial charge on any atom is -0.397 e. The number of aromatic nitrogens is 1. The molecule has 2 heterocycles. The van der Waals surface area contributed by atoms with Crippen molar-refractivity contribution in [3.63, 3.8) is 0 Å². The predicted octanol–water partition coefficient (Wildman–Crippen LogP) is 0.456. The third kappa shape index (κ3) is 2.70. The second kappa shape index (κ2) is 5.28. The van der Waals surface area contributed by atoms with Crippen molar-refractivity contribution in [1.29, 1.82) is 0 Å². The van der Waals surface area contributed by atoms with Gasteiger partial charge in [0.25, 0.3) is 0 Å². The molecule has 1 aliphatic heterocycles. The summed E-state index contributed by atoms with van der Waals surface area (Å²) in [5.74, 6) is 0.819. The molecular weight excluding hydrogens is 256 g/mol. The van der Waals surface area contributed by atoms with Gasteiger partial charge in [0.15, 0.2) is 0 Å². The molecule has 108 valence electrons. The van der Waals surface area contributed by atoms with E-state index in [-0.39, 0.29) is 11.9 Å². The van der Waals surface area contributed by atoms with E-state index in [0.29, 0.717) is 31.5 Å². The number of hydrogen-bond donors (Lipinski definition) is 2. The molecule has 1 aliphatic carbocycles. The van der Waals surface area contributed by atoms with Crippen molar-refractivity contribution in [2.75, 3.05) is 30.4 Å². The summed E-state index contributed by atoms with van der Waals surface area (Å²) in [7, 11) is 0. The standard InChI is InChI=1S/C14H20N4O2/c1-9-11(15)4-5-13(16-9)18-6-7-20-8-12(18)14(19)17-10-2-3-10/h4-5,10,12H,2-3,6-8,15H2,1H3,(H,17,19). The maximum absolute atomic E-state index is 12.3. The number of hydrogen-bond acceptors (Lipinski definition) is 5. The van der Waals surface area contributed by atoms with Gasteiger partial charge in [-0.15, -0.1) is 0 Å². The second-order valence-corrected chi connectivity index (χ2v) is 5.41. The van der Waals surface area contributed by atoms with E-state index in [1.54, 1.807) is 0 Å². The number of carbonyl (C=O) groups excluding carboxylic acids is 1. The minimum absolute atomic E-state index is 0.0310. The zero-order chi connectivity index (χ0) is 14.1. The molecule has 20 heavy (non-hydrogen) atoms. The first kappa shape index (κ1) is 13.2. The zero-order valence-corrected chi connectivity index (χ0v) is 11.6. The Bertz CT molecular complexity index is 516. The highest BCUT2D eigenvalue weighted by atomic mass is 16.5. The first-order valence-electron chi connectivity index (χ1n) is 7.03. The van der Waals surface area contributed by atoms with Crippen LogP contribution in [0.15, 0.2) is 12.1 Å². The van der Waals surface area contributed by atoms with E-state index in [1.165, 1.54) is 0 Å². The monoisotopic (exact) mass is 276 g/mol. The van der Waals surface area contributed by atoms with E-state index in [0.717, 1.165) is 24.4 Å². The number of carbonyl (C=O) groups is 1. The molecule has 1 saturated carbocycles. The smallest absolute Gasteiger partial charge is 0.245 e. The predicted molar refractivity (Wildman–Crippen MR) is 76.5 cm³/mol. The molecule has 1 amide bonds. The number of nitrogens with zero attached hydrogens (tertiary/aromatic N) is 2. The summed E-state index contributed by atoms with van der Waals surface area (Å²) in [6.07, 6.45) is 2.16. The Morgan fingerprint density at radius 1 is 1.50 bits per heavy atom. The van der Waals surface area contributed by atoms with Gasteiger partial charge in [-0.1, -0.05) is 0 Å². The summed E-state index contributed by atoms with van der Waals surface area (Å²) < 4.78 is 5.46. The maximum Gasteiger partial charge on any atom is 0.245 e. The molecule has 3 N–H and O–H groups in total. The van der Waals surface area contributed by atoms with E-state index < -0.39 is 0 Å². The molecule has 2 fully saturated rings. The molecule has 0 spiro atoms. The van der Waals surface area contributed by atoms with Crippen LogP contribution in [0, 0.1) is 6.92 Å². The number of rotatable bonds is 3. The van der Waals surface area contributed by atoms with Crippen molar-refractivity contribution in [2.24, 2.45) is 0 Å². The van der Waals surface area contributed by atoms with Crippen molar-refractivity contribution < 1.29 is 9.53 Å². The Hall–Kier alpha value is -1.82. The van der Waals surface area contributed by atoms with Crippen LogP contribution in [0.25, 0.3) is 0 Å². The molecule has 1 aromatic rings. The summed E-state index contributed by atoms with van der Waals surface area (Å²) in [4.78, 5) is 18.8. The van der Waals surface area contributed by atoms with Crippen LogP contribution in [0.4, 0.5) is 11.5 Å². The molecule has 3 rings (SSSR count). The van der Waals surface area contributed by atoms with Crippen molar-refractivity contribution in [3.05, 3.63) is 17.8 Å². The normalized spacial score (nSPS) is 22.6. The minimum atomic E-state index is -0.306. The molecule has 1 atom stereocenters. The molecule has 1 saturated heterocycles. The number of morpholine rings is 1. The van der Waals surface area contributed by atoms with E-state index in [1.807, 2.05) is 24.0 Å². The highest BCUT2D eigenvalue weighted by molar-refractivity contribution is 5.86. The number of ether oxygens (including phenoxy) is 1. The van der Waals surface area contributed by atoms with E-state index in [4.69, 9.17) is 10.5 Å². The van der Waals surface area contributed by atoms with Crippen LogP contribution in [0.2, 0.25) is 0 Å². The molecule has 1 unspecified atom stereocenters. The van der Waals surface area contributed by atoms with Crippen LogP contribution in [-0.2, 0) is 9.53 Å². The molecule has 6 nitrogen and oxygen atoms in total. The topological polar surface area (TPSA) is 80.5 Å². The number of aryl methyl sites for hydroxylation is 1. The number of nitrogens with one attached hydrogen (secondary N) is 1. The van der Waals surface area contributed by atoms with Gasteiger partial charge in [0.1, 0.15) is 11.9 Å². The Labute approximate surface area is 118 Å². The third-order valence-corrected chi connectivity index (χ3v) is 3.76. The number of nitrogens with two attached hydrogens (primary N) is 1. The summed E-state index contributed by atoms with van der Waals surface area (Å²) in [5.41, 5.74) is 7.26. The van der Waals surface area contributed by atoms with Gasteiger partial charge in [0.05, 0.1) is 24.6 Å². The first-order chi connectivity index (χ1) is 9.65. The van der Waals surface area contributed by atoms with Crippen molar-refractivity contribution in [3.8, 4) is 0 Å². The van der Waals surface area contributed by atoms with Gasteiger partial charge in [-0.05, 0) is 31.9 Å². The van der Waals surface area contributed by atoms with E-state index in [2.05, 4.69) is 10.3 Å². The highest BCUT2D eigenvalue weighted by Crippen LogP contribution is 2.23. The average molecular weight is 276 g/mol. The van der Waals surface area contributed by atoms with Crippen molar-refractivity contribution in [2.45, 2.75) is 31.8 Å². The second-order valence-electron chi connectivity index (χ2n) is 5.41.